The summed E-state index contributed by atoms with van der Waals surface area (Å²) < 4.78 is 0. The van der Waals surface area contributed by atoms with Crippen LogP contribution in [0, 0.1) is 0 Å². The van der Waals surface area contributed by atoms with E-state index in [1.54, 1.807) is 18.3 Å². The zero-order valence-electron chi connectivity index (χ0n) is 12.6. The van der Waals surface area contributed by atoms with Gasteiger partial charge in [-0.25, -0.2) is 4.90 Å². The van der Waals surface area contributed by atoms with E-state index < -0.39 is 0 Å². The topological polar surface area (TPSA) is 50.3 Å². The van der Waals surface area contributed by atoms with Crippen molar-refractivity contribution in [3.05, 3.63) is 71.4 Å². The Morgan fingerprint density at radius 2 is 1.74 bits per heavy atom. The van der Waals surface area contributed by atoms with Gasteiger partial charge < -0.3 is 0 Å². The zero-order chi connectivity index (χ0) is 16.0. The number of benzene rings is 2. The highest BCUT2D eigenvalue weighted by molar-refractivity contribution is 6.36. The third-order valence-electron chi connectivity index (χ3n) is 4.23. The van der Waals surface area contributed by atoms with Crippen molar-refractivity contribution in [2.45, 2.75) is 13.3 Å². The summed E-state index contributed by atoms with van der Waals surface area (Å²) in [5, 5.41) is 0.900. The van der Waals surface area contributed by atoms with Crippen LogP contribution in [0.2, 0.25) is 0 Å². The van der Waals surface area contributed by atoms with Gasteiger partial charge in [0.2, 0.25) is 0 Å². The smallest absolute Gasteiger partial charge is 0.266 e. The highest BCUT2D eigenvalue weighted by Gasteiger charge is 2.38. The minimum absolute atomic E-state index is 0.263. The molecule has 23 heavy (non-hydrogen) atoms. The number of carbonyl (C=O) groups excluding carboxylic acids is 2. The van der Waals surface area contributed by atoms with Crippen LogP contribution >= 0.6 is 0 Å². The molecule has 0 atom stereocenters. The molecule has 1 aromatic heterocycles. The number of rotatable bonds is 2. The molecule has 0 radical (unpaired) electrons. The number of imide groups is 1. The Kier molecular flexibility index (Phi) is 2.98. The quantitative estimate of drug-likeness (QED) is 0.680. The standard InChI is InChI=1S/C19H14N2O2/c1-2-12-6-3-9-14-16(12)19(23)21(18(14)22)15-10-4-7-13-8-5-11-20-17(13)15/h3-11H,2H2,1H3. The lowest BCUT2D eigenvalue weighted by atomic mass is 10.0. The van der Waals surface area contributed by atoms with E-state index in [0.29, 0.717) is 28.8 Å². The molecule has 1 aliphatic heterocycles. The first-order valence-electron chi connectivity index (χ1n) is 7.56. The lowest BCUT2D eigenvalue weighted by Gasteiger charge is -2.15. The molecule has 0 unspecified atom stereocenters. The van der Waals surface area contributed by atoms with Crippen LogP contribution in [0.15, 0.2) is 54.7 Å². The van der Waals surface area contributed by atoms with Crippen molar-refractivity contribution in [1.82, 2.24) is 4.98 Å². The molecule has 0 saturated carbocycles. The van der Waals surface area contributed by atoms with Crippen LogP contribution in [0.5, 0.6) is 0 Å². The van der Waals surface area contributed by atoms with Gasteiger partial charge in [0, 0.05) is 11.6 Å². The summed E-state index contributed by atoms with van der Waals surface area (Å²) in [5.41, 5.74) is 3.09. The second-order valence-corrected chi connectivity index (χ2v) is 5.49. The number of aryl methyl sites for hydroxylation is 1. The van der Waals surface area contributed by atoms with Crippen LogP contribution in [0.4, 0.5) is 5.69 Å². The Hall–Kier alpha value is -3.01. The maximum Gasteiger partial charge on any atom is 0.266 e. The first kappa shape index (κ1) is 13.6. The molecule has 0 saturated heterocycles. The maximum atomic E-state index is 12.9. The fourth-order valence-electron chi connectivity index (χ4n) is 3.14. The fraction of sp³-hybridized carbons (Fsp3) is 0.105. The number of hydrogen-bond acceptors (Lipinski definition) is 3. The number of amides is 2. The highest BCUT2D eigenvalue weighted by Crippen LogP contribution is 2.33. The Bertz CT molecular complexity index is 957. The Labute approximate surface area is 133 Å². The number of fused-ring (bicyclic) bond motifs is 2. The maximum absolute atomic E-state index is 12.9. The molecule has 2 aromatic carbocycles. The molecule has 0 bridgehead atoms. The molecular weight excluding hydrogens is 288 g/mol. The van der Waals surface area contributed by atoms with Gasteiger partial charge in [0.25, 0.3) is 11.8 Å². The average molecular weight is 302 g/mol. The second kappa shape index (κ2) is 5.02. The van der Waals surface area contributed by atoms with Crippen LogP contribution in [0.3, 0.4) is 0 Å². The summed E-state index contributed by atoms with van der Waals surface area (Å²) in [6, 6.07) is 14.7. The van der Waals surface area contributed by atoms with Crippen molar-refractivity contribution in [3.8, 4) is 0 Å². The van der Waals surface area contributed by atoms with Crippen LogP contribution in [-0.2, 0) is 6.42 Å². The van der Waals surface area contributed by atoms with Gasteiger partial charge in [-0.05, 0) is 30.2 Å². The normalized spacial score (nSPS) is 13.7. The lowest BCUT2D eigenvalue weighted by Crippen LogP contribution is -2.29. The summed E-state index contributed by atoms with van der Waals surface area (Å²) in [6.45, 7) is 1.98. The summed E-state index contributed by atoms with van der Waals surface area (Å²) >= 11 is 0. The predicted molar refractivity (Wildman–Crippen MR) is 88.7 cm³/mol. The number of para-hydroxylation sites is 1. The van der Waals surface area contributed by atoms with Crippen molar-refractivity contribution in [1.29, 1.82) is 0 Å². The SMILES string of the molecule is CCc1cccc2c1C(=O)N(c1cccc3cccnc13)C2=O. The monoisotopic (exact) mass is 302 g/mol. The molecule has 0 aliphatic carbocycles. The van der Waals surface area contributed by atoms with E-state index in [2.05, 4.69) is 4.98 Å². The number of nitrogens with zero attached hydrogens (tertiary/aromatic N) is 2. The van der Waals surface area contributed by atoms with Gasteiger partial charge >= 0.3 is 0 Å². The summed E-state index contributed by atoms with van der Waals surface area (Å²) in [5.74, 6) is -0.543. The van der Waals surface area contributed by atoms with E-state index >= 15 is 0 Å². The molecule has 112 valence electrons. The van der Waals surface area contributed by atoms with Gasteiger partial charge in [-0.15, -0.1) is 0 Å². The number of pyridine rings is 1. The third kappa shape index (κ3) is 1.88. The molecule has 3 aromatic rings. The van der Waals surface area contributed by atoms with Gasteiger partial charge in [-0.1, -0.05) is 37.3 Å². The molecule has 0 N–H and O–H groups in total. The van der Waals surface area contributed by atoms with Crippen LogP contribution in [-0.4, -0.2) is 16.8 Å². The van der Waals surface area contributed by atoms with Crippen molar-refractivity contribution < 1.29 is 9.59 Å². The molecule has 2 heterocycles. The van der Waals surface area contributed by atoms with Gasteiger partial charge in [-0.3, -0.25) is 14.6 Å². The Morgan fingerprint density at radius 1 is 0.957 bits per heavy atom. The molecule has 4 heteroatoms. The lowest BCUT2D eigenvalue weighted by molar-refractivity contribution is 0.0926. The molecule has 4 rings (SSSR count). The van der Waals surface area contributed by atoms with E-state index in [4.69, 9.17) is 0 Å². The highest BCUT2D eigenvalue weighted by atomic mass is 16.2. The van der Waals surface area contributed by atoms with Gasteiger partial charge in [0.05, 0.1) is 22.3 Å². The van der Waals surface area contributed by atoms with Crippen LogP contribution in [0.1, 0.15) is 33.2 Å². The van der Waals surface area contributed by atoms with Crippen LogP contribution < -0.4 is 4.90 Å². The largest absolute Gasteiger partial charge is 0.268 e. The van der Waals surface area contributed by atoms with Crippen molar-refractivity contribution in [2.24, 2.45) is 0 Å². The number of anilines is 1. The molecule has 0 fully saturated rings. The number of hydrogen-bond donors (Lipinski definition) is 0. The third-order valence-corrected chi connectivity index (χ3v) is 4.23. The minimum Gasteiger partial charge on any atom is -0.268 e. The summed E-state index contributed by atoms with van der Waals surface area (Å²) in [7, 11) is 0. The van der Waals surface area contributed by atoms with E-state index in [-0.39, 0.29) is 11.8 Å². The van der Waals surface area contributed by atoms with E-state index in [1.165, 1.54) is 4.90 Å². The Balaban J connectivity index is 1.94. The van der Waals surface area contributed by atoms with Crippen molar-refractivity contribution >= 4 is 28.4 Å². The van der Waals surface area contributed by atoms with Gasteiger partial charge in [0.1, 0.15) is 0 Å². The molecular formula is C19H14N2O2. The Morgan fingerprint density at radius 3 is 2.57 bits per heavy atom. The van der Waals surface area contributed by atoms with Gasteiger partial charge in [-0.2, -0.15) is 0 Å². The number of carbonyl (C=O) groups is 2. The van der Waals surface area contributed by atoms with E-state index in [9.17, 15) is 9.59 Å². The average Bonchev–Trinajstić information content (AvgIpc) is 2.85. The van der Waals surface area contributed by atoms with Crippen LogP contribution in [0.25, 0.3) is 10.9 Å². The number of aromatic nitrogens is 1. The minimum atomic E-state index is -0.279. The fourth-order valence-corrected chi connectivity index (χ4v) is 3.14. The molecule has 1 aliphatic rings. The first-order valence-corrected chi connectivity index (χ1v) is 7.56. The molecule has 2 amide bonds. The van der Waals surface area contributed by atoms with Gasteiger partial charge in [0.15, 0.2) is 0 Å². The van der Waals surface area contributed by atoms with Crippen molar-refractivity contribution in [3.63, 3.8) is 0 Å². The summed E-state index contributed by atoms with van der Waals surface area (Å²) in [6.07, 6.45) is 2.38. The first-order chi connectivity index (χ1) is 11.2. The second-order valence-electron chi connectivity index (χ2n) is 5.49. The van der Waals surface area contributed by atoms with E-state index in [0.717, 1.165) is 10.9 Å². The van der Waals surface area contributed by atoms with E-state index in [1.807, 2.05) is 43.3 Å². The summed E-state index contributed by atoms with van der Waals surface area (Å²) in [4.78, 5) is 31.3. The molecule has 0 spiro atoms. The van der Waals surface area contributed by atoms with Crippen molar-refractivity contribution in [2.75, 3.05) is 4.90 Å². The zero-order valence-corrected chi connectivity index (χ0v) is 12.6. The predicted octanol–water partition coefficient (Wildman–Crippen LogP) is 3.60. The molecule has 4 nitrogen and oxygen atoms in total.